The molecular weight excluding hydrogens is 343 g/mol. The normalized spacial score (nSPS) is 15.9. The Labute approximate surface area is 149 Å². The van der Waals surface area contributed by atoms with Crippen molar-refractivity contribution in [3.63, 3.8) is 0 Å². The van der Waals surface area contributed by atoms with E-state index < -0.39 is 5.95 Å². The van der Waals surface area contributed by atoms with Crippen molar-refractivity contribution >= 4 is 34.9 Å². The molecule has 0 radical (unpaired) electrons. The second kappa shape index (κ2) is 6.98. The summed E-state index contributed by atoms with van der Waals surface area (Å²) in [6, 6.07) is 7.49. The average Bonchev–Trinajstić information content (AvgIpc) is 2.86. The van der Waals surface area contributed by atoms with Crippen LogP contribution in [0.15, 0.2) is 42.1 Å². The van der Waals surface area contributed by atoms with Gasteiger partial charge in [-0.3, -0.25) is 9.69 Å². The van der Waals surface area contributed by atoms with Gasteiger partial charge in [-0.2, -0.15) is 4.39 Å². The van der Waals surface area contributed by atoms with Gasteiger partial charge in [0, 0.05) is 12.0 Å². The van der Waals surface area contributed by atoms with Crippen LogP contribution in [0.5, 0.6) is 11.5 Å². The van der Waals surface area contributed by atoms with E-state index in [1.165, 1.54) is 29.3 Å². The van der Waals surface area contributed by atoms with Crippen molar-refractivity contribution in [2.75, 3.05) is 11.5 Å². The molecule has 1 amide bonds. The third-order valence-corrected chi connectivity index (χ3v) is 3.99. The third-order valence-electron chi connectivity index (χ3n) is 3.66. The molecule has 1 aromatic carbocycles. The molecule has 1 aromatic heterocycles. The van der Waals surface area contributed by atoms with Crippen molar-refractivity contribution < 1.29 is 19.0 Å². The maximum atomic E-state index is 13.0. The maximum absolute atomic E-state index is 13.0. The quantitative estimate of drug-likeness (QED) is 0.515. The van der Waals surface area contributed by atoms with Crippen LogP contribution in [0.3, 0.4) is 0 Å². The van der Waals surface area contributed by atoms with Gasteiger partial charge in [0.15, 0.2) is 11.5 Å². The Morgan fingerprint density at radius 1 is 1.40 bits per heavy atom. The number of pyridine rings is 1. The summed E-state index contributed by atoms with van der Waals surface area (Å²) >= 11 is 5.29. The summed E-state index contributed by atoms with van der Waals surface area (Å²) in [6.45, 7) is 2.24. The molecule has 0 unspecified atom stereocenters. The molecule has 5 nitrogen and oxygen atoms in total. The molecule has 0 bridgehead atoms. The highest BCUT2D eigenvalue weighted by atomic mass is 32.1. The Morgan fingerprint density at radius 2 is 2.20 bits per heavy atom. The number of hydrogen-bond donors (Lipinski definition) is 1. The number of hydrogen-bond acceptors (Lipinski definition) is 5. The first kappa shape index (κ1) is 17.0. The molecule has 128 valence electrons. The molecule has 2 heterocycles. The Balaban J connectivity index is 1.90. The monoisotopic (exact) mass is 358 g/mol. The zero-order chi connectivity index (χ0) is 18.0. The summed E-state index contributed by atoms with van der Waals surface area (Å²) in [4.78, 5) is 18.0. The number of anilines is 1. The highest BCUT2D eigenvalue weighted by Gasteiger charge is 2.32. The molecular formula is C18H15FN2O3S. The molecule has 25 heavy (non-hydrogen) atoms. The van der Waals surface area contributed by atoms with Crippen molar-refractivity contribution in [3.8, 4) is 11.5 Å². The van der Waals surface area contributed by atoms with Crippen LogP contribution in [0.1, 0.15) is 18.9 Å². The predicted octanol–water partition coefficient (Wildman–Crippen LogP) is 3.47. The van der Waals surface area contributed by atoms with Crippen molar-refractivity contribution in [1.82, 2.24) is 4.98 Å². The second-order valence-corrected chi connectivity index (χ2v) is 5.85. The van der Waals surface area contributed by atoms with Gasteiger partial charge in [-0.05, 0) is 42.8 Å². The predicted molar refractivity (Wildman–Crippen MR) is 96.1 cm³/mol. The van der Waals surface area contributed by atoms with Crippen LogP contribution in [0.4, 0.5) is 10.1 Å². The Kier molecular flexibility index (Phi) is 4.76. The van der Waals surface area contributed by atoms with Crippen molar-refractivity contribution in [1.29, 1.82) is 0 Å². The van der Waals surface area contributed by atoms with Crippen molar-refractivity contribution in [2.45, 2.75) is 13.3 Å². The average molecular weight is 358 g/mol. The van der Waals surface area contributed by atoms with Gasteiger partial charge in [0.2, 0.25) is 5.95 Å². The maximum Gasteiger partial charge on any atom is 0.259 e. The van der Waals surface area contributed by atoms with E-state index in [0.717, 1.165) is 0 Å². The van der Waals surface area contributed by atoms with E-state index in [1.54, 1.807) is 18.2 Å². The smallest absolute Gasteiger partial charge is 0.259 e. The Hall–Kier alpha value is -2.80. The lowest BCUT2D eigenvalue weighted by atomic mass is 10.1. The fraction of sp³-hybridized carbons (Fsp3) is 0.167. The van der Waals surface area contributed by atoms with Gasteiger partial charge in [-0.1, -0.05) is 18.3 Å². The van der Waals surface area contributed by atoms with E-state index in [1.807, 2.05) is 6.92 Å². The molecule has 0 spiro atoms. The van der Waals surface area contributed by atoms with E-state index in [2.05, 4.69) is 4.98 Å². The Morgan fingerprint density at radius 3 is 2.88 bits per heavy atom. The highest BCUT2D eigenvalue weighted by molar-refractivity contribution is 7.80. The summed E-state index contributed by atoms with van der Waals surface area (Å²) in [5.74, 6) is -0.505. The van der Waals surface area contributed by atoms with Crippen LogP contribution < -0.4 is 9.64 Å². The summed E-state index contributed by atoms with van der Waals surface area (Å²) in [5.41, 5.74) is 1.65. The van der Waals surface area contributed by atoms with Gasteiger partial charge in [0.05, 0.1) is 23.5 Å². The van der Waals surface area contributed by atoms with Crippen LogP contribution in [0, 0.1) is 5.95 Å². The third kappa shape index (κ3) is 3.51. The molecule has 3 rings (SSSR count). The number of phenols is 1. The van der Waals surface area contributed by atoms with Crippen LogP contribution in [0.2, 0.25) is 0 Å². The number of rotatable bonds is 4. The molecule has 2 aromatic rings. The van der Waals surface area contributed by atoms with Gasteiger partial charge >= 0.3 is 0 Å². The Bertz CT molecular complexity index is 865. The molecule has 1 aliphatic rings. The number of aromatic hydroxyl groups is 1. The van der Waals surface area contributed by atoms with Gasteiger partial charge < -0.3 is 9.84 Å². The minimum absolute atomic E-state index is 0.0382. The van der Waals surface area contributed by atoms with E-state index in [-0.39, 0.29) is 11.7 Å². The first-order chi connectivity index (χ1) is 12.0. The van der Waals surface area contributed by atoms with E-state index in [9.17, 15) is 14.3 Å². The van der Waals surface area contributed by atoms with Crippen LogP contribution in [-0.2, 0) is 4.79 Å². The van der Waals surface area contributed by atoms with E-state index in [0.29, 0.717) is 40.6 Å². The lowest BCUT2D eigenvalue weighted by Gasteiger charge is -2.14. The largest absolute Gasteiger partial charge is 0.504 e. The minimum Gasteiger partial charge on any atom is -0.504 e. The number of halogens is 1. The molecule has 0 aliphatic carbocycles. The first-order valence-corrected chi connectivity index (χ1v) is 8.05. The van der Waals surface area contributed by atoms with Crippen molar-refractivity contribution in [3.05, 3.63) is 53.6 Å². The number of amides is 1. The number of nitrogens with zero attached hydrogens (tertiary/aromatic N) is 2. The number of carbonyl (C=O) groups is 1. The van der Waals surface area contributed by atoms with Gasteiger partial charge in [0.1, 0.15) is 0 Å². The summed E-state index contributed by atoms with van der Waals surface area (Å²) in [6.07, 6.45) is 3.28. The van der Waals surface area contributed by atoms with E-state index in [4.69, 9.17) is 17.0 Å². The summed E-state index contributed by atoms with van der Waals surface area (Å²) < 4.78 is 18.3. The molecule has 0 atom stereocenters. The summed E-state index contributed by atoms with van der Waals surface area (Å²) in [7, 11) is 0. The molecule has 1 saturated heterocycles. The highest BCUT2D eigenvalue weighted by Crippen LogP contribution is 2.31. The van der Waals surface area contributed by atoms with Gasteiger partial charge in [0.25, 0.3) is 5.91 Å². The number of benzene rings is 1. The molecule has 0 saturated carbocycles. The first-order valence-electron chi connectivity index (χ1n) is 7.65. The zero-order valence-electron chi connectivity index (χ0n) is 13.4. The van der Waals surface area contributed by atoms with Crippen LogP contribution in [0.25, 0.3) is 6.08 Å². The SMILES string of the molecule is CCOc1cc(/C=C2\CC(=S)N(c3ccc(F)nc3)C2=O)ccc1O. The van der Waals surface area contributed by atoms with Crippen LogP contribution in [-0.4, -0.2) is 27.6 Å². The molecule has 1 fully saturated rings. The minimum atomic E-state index is -0.621. The summed E-state index contributed by atoms with van der Waals surface area (Å²) in [5, 5.41) is 9.75. The van der Waals surface area contributed by atoms with Crippen LogP contribution >= 0.6 is 12.2 Å². The molecule has 1 aliphatic heterocycles. The second-order valence-electron chi connectivity index (χ2n) is 5.38. The van der Waals surface area contributed by atoms with Gasteiger partial charge in [-0.15, -0.1) is 0 Å². The fourth-order valence-corrected chi connectivity index (χ4v) is 2.89. The number of ether oxygens (including phenoxy) is 1. The van der Waals surface area contributed by atoms with Crippen molar-refractivity contribution in [2.24, 2.45) is 0 Å². The number of carbonyl (C=O) groups excluding carboxylic acids is 1. The standard InChI is InChI=1S/C18H15FN2O3S/c1-2-24-15-8-11(3-5-14(15)22)7-12-9-17(25)21(18(12)23)13-4-6-16(19)20-10-13/h3-8,10,22H,2,9H2,1H3/b12-7+. The number of thiocarbonyl (C=S) groups is 1. The fourth-order valence-electron chi connectivity index (χ4n) is 2.54. The lowest BCUT2D eigenvalue weighted by Crippen LogP contribution is -2.27. The number of aromatic nitrogens is 1. The number of phenolic OH excluding ortho intramolecular Hbond substituents is 1. The van der Waals surface area contributed by atoms with E-state index >= 15 is 0 Å². The lowest BCUT2D eigenvalue weighted by molar-refractivity contribution is -0.113. The molecule has 7 heteroatoms. The molecule has 1 N–H and O–H groups in total. The zero-order valence-corrected chi connectivity index (χ0v) is 14.2. The van der Waals surface area contributed by atoms with Gasteiger partial charge in [-0.25, -0.2) is 4.98 Å². The topological polar surface area (TPSA) is 62.7 Å².